The number of Topliss-reactive ketones (excluding diaryl/α,β-unsaturated/α-hetero) is 1. The monoisotopic (exact) mass is 187 g/mol. The Morgan fingerprint density at radius 1 is 1.43 bits per heavy atom. The van der Waals surface area contributed by atoms with Crippen molar-refractivity contribution in [1.29, 1.82) is 5.26 Å². The molecule has 0 saturated heterocycles. The highest BCUT2D eigenvalue weighted by atomic mass is 16.1. The fraction of sp³-hybridized carbons (Fsp3) is 0.333. The first-order valence-electron chi connectivity index (χ1n) is 4.63. The van der Waals surface area contributed by atoms with Gasteiger partial charge in [0.25, 0.3) is 0 Å². The molecule has 0 amide bonds. The van der Waals surface area contributed by atoms with E-state index in [-0.39, 0.29) is 11.7 Å². The van der Waals surface area contributed by atoms with Gasteiger partial charge >= 0.3 is 0 Å². The third-order valence-corrected chi connectivity index (χ3v) is 2.09. The number of hydrogen-bond acceptors (Lipinski definition) is 2. The summed E-state index contributed by atoms with van der Waals surface area (Å²) in [5.41, 5.74) is 1.83. The minimum atomic E-state index is -0.205. The highest BCUT2D eigenvalue weighted by molar-refractivity contribution is 5.96. The molecule has 0 aliphatic rings. The topological polar surface area (TPSA) is 40.9 Å². The number of carbonyl (C=O) groups excluding carboxylic acids is 1. The summed E-state index contributed by atoms with van der Waals surface area (Å²) in [7, 11) is 0. The number of aryl methyl sites for hydroxylation is 1. The van der Waals surface area contributed by atoms with E-state index in [1.165, 1.54) is 0 Å². The van der Waals surface area contributed by atoms with Gasteiger partial charge in [0.1, 0.15) is 0 Å². The van der Waals surface area contributed by atoms with Crippen molar-refractivity contribution in [2.45, 2.75) is 20.3 Å². The average Bonchev–Trinajstić information content (AvgIpc) is 2.18. The van der Waals surface area contributed by atoms with Gasteiger partial charge in [-0.2, -0.15) is 5.26 Å². The molecule has 1 rings (SSSR count). The van der Waals surface area contributed by atoms with Gasteiger partial charge in [0.05, 0.1) is 12.0 Å². The lowest BCUT2D eigenvalue weighted by Crippen LogP contribution is -2.04. The van der Waals surface area contributed by atoms with Crippen LogP contribution >= 0.6 is 0 Å². The SMILES string of the molecule is Cc1ccc(C(=O)C[C@@H](C)C#N)cc1. The molecular weight excluding hydrogens is 174 g/mol. The lowest BCUT2D eigenvalue weighted by Gasteiger charge is -2.02. The van der Waals surface area contributed by atoms with E-state index in [4.69, 9.17) is 5.26 Å². The number of hydrogen-bond donors (Lipinski definition) is 0. The van der Waals surface area contributed by atoms with Crippen LogP contribution in [-0.4, -0.2) is 5.78 Å². The van der Waals surface area contributed by atoms with Crippen molar-refractivity contribution in [3.05, 3.63) is 35.4 Å². The lowest BCUT2D eigenvalue weighted by molar-refractivity contribution is 0.0973. The summed E-state index contributed by atoms with van der Waals surface area (Å²) >= 11 is 0. The summed E-state index contributed by atoms with van der Waals surface area (Å²) < 4.78 is 0. The van der Waals surface area contributed by atoms with Gasteiger partial charge in [0.2, 0.25) is 0 Å². The molecule has 0 spiro atoms. The third-order valence-electron chi connectivity index (χ3n) is 2.09. The zero-order valence-electron chi connectivity index (χ0n) is 8.45. The molecule has 0 N–H and O–H groups in total. The van der Waals surface area contributed by atoms with Gasteiger partial charge in [-0.3, -0.25) is 4.79 Å². The number of nitrogens with zero attached hydrogens (tertiary/aromatic N) is 1. The maximum atomic E-state index is 11.6. The second-order valence-corrected chi connectivity index (χ2v) is 3.52. The van der Waals surface area contributed by atoms with Crippen molar-refractivity contribution in [2.75, 3.05) is 0 Å². The van der Waals surface area contributed by atoms with Crippen LogP contribution in [-0.2, 0) is 0 Å². The van der Waals surface area contributed by atoms with Crippen molar-refractivity contribution < 1.29 is 4.79 Å². The van der Waals surface area contributed by atoms with Crippen molar-refractivity contribution in [1.82, 2.24) is 0 Å². The van der Waals surface area contributed by atoms with Crippen LogP contribution in [0.2, 0.25) is 0 Å². The molecule has 0 unspecified atom stereocenters. The van der Waals surface area contributed by atoms with Crippen LogP contribution in [0.1, 0.15) is 29.3 Å². The van der Waals surface area contributed by atoms with Crippen molar-refractivity contribution in [2.24, 2.45) is 5.92 Å². The van der Waals surface area contributed by atoms with E-state index in [9.17, 15) is 4.79 Å². The van der Waals surface area contributed by atoms with Crippen molar-refractivity contribution in [3.63, 3.8) is 0 Å². The van der Waals surface area contributed by atoms with E-state index in [1.54, 1.807) is 6.92 Å². The Bertz CT molecular complexity index is 359. The summed E-state index contributed by atoms with van der Waals surface area (Å²) in [5, 5.41) is 8.57. The Hall–Kier alpha value is -1.62. The van der Waals surface area contributed by atoms with E-state index in [0.29, 0.717) is 12.0 Å². The maximum absolute atomic E-state index is 11.6. The van der Waals surface area contributed by atoms with Crippen LogP contribution in [0.5, 0.6) is 0 Å². The van der Waals surface area contributed by atoms with Gasteiger partial charge in [-0.05, 0) is 13.8 Å². The molecule has 0 aromatic heterocycles. The highest BCUT2D eigenvalue weighted by Crippen LogP contribution is 2.10. The summed E-state index contributed by atoms with van der Waals surface area (Å²) in [6.07, 6.45) is 0.305. The smallest absolute Gasteiger partial charge is 0.164 e. The standard InChI is InChI=1S/C12H13NO/c1-9-3-5-11(6-4-9)12(14)7-10(2)8-13/h3-6,10H,7H2,1-2H3/t10-/m1/s1. The predicted molar refractivity (Wildman–Crippen MR) is 54.9 cm³/mol. The summed E-state index contributed by atoms with van der Waals surface area (Å²) in [4.78, 5) is 11.6. The van der Waals surface area contributed by atoms with Crippen LogP contribution in [0.3, 0.4) is 0 Å². The van der Waals surface area contributed by atoms with E-state index in [0.717, 1.165) is 5.56 Å². The van der Waals surface area contributed by atoms with Gasteiger partial charge in [-0.1, -0.05) is 29.8 Å². The van der Waals surface area contributed by atoms with Gasteiger partial charge in [0, 0.05) is 12.0 Å². The highest BCUT2D eigenvalue weighted by Gasteiger charge is 2.09. The molecule has 72 valence electrons. The molecule has 0 heterocycles. The second-order valence-electron chi connectivity index (χ2n) is 3.52. The molecule has 14 heavy (non-hydrogen) atoms. The normalized spacial score (nSPS) is 11.8. The van der Waals surface area contributed by atoms with Crippen LogP contribution in [0.25, 0.3) is 0 Å². The lowest BCUT2D eigenvalue weighted by atomic mass is 10.0. The van der Waals surface area contributed by atoms with Crippen LogP contribution < -0.4 is 0 Å². The molecule has 0 bridgehead atoms. The Kier molecular flexibility index (Phi) is 3.41. The van der Waals surface area contributed by atoms with Gasteiger partial charge in [-0.25, -0.2) is 0 Å². The maximum Gasteiger partial charge on any atom is 0.164 e. The van der Waals surface area contributed by atoms with E-state index in [1.807, 2.05) is 31.2 Å². The molecule has 1 atom stereocenters. The Morgan fingerprint density at radius 2 is 2.00 bits per heavy atom. The van der Waals surface area contributed by atoms with Crippen LogP contribution in [0.4, 0.5) is 0 Å². The Morgan fingerprint density at radius 3 is 2.50 bits per heavy atom. The molecular formula is C12H13NO. The quantitative estimate of drug-likeness (QED) is 0.682. The fourth-order valence-corrected chi connectivity index (χ4v) is 1.18. The first kappa shape index (κ1) is 10.5. The number of benzene rings is 1. The number of carbonyl (C=O) groups is 1. The fourth-order valence-electron chi connectivity index (χ4n) is 1.18. The number of nitriles is 1. The molecule has 1 aromatic carbocycles. The molecule has 2 nitrogen and oxygen atoms in total. The number of rotatable bonds is 3. The average molecular weight is 187 g/mol. The molecule has 0 fully saturated rings. The summed E-state index contributed by atoms with van der Waals surface area (Å²) in [6, 6.07) is 9.48. The molecule has 2 heteroatoms. The number of ketones is 1. The minimum Gasteiger partial charge on any atom is -0.294 e. The zero-order chi connectivity index (χ0) is 10.6. The van der Waals surface area contributed by atoms with E-state index in [2.05, 4.69) is 6.07 Å². The minimum absolute atomic E-state index is 0.0408. The molecule has 1 aromatic rings. The van der Waals surface area contributed by atoms with Gasteiger partial charge in [-0.15, -0.1) is 0 Å². The van der Waals surface area contributed by atoms with Crippen LogP contribution in [0.15, 0.2) is 24.3 Å². The molecule has 0 aliphatic carbocycles. The Balaban J connectivity index is 2.71. The zero-order valence-corrected chi connectivity index (χ0v) is 8.45. The van der Waals surface area contributed by atoms with E-state index >= 15 is 0 Å². The van der Waals surface area contributed by atoms with Crippen molar-refractivity contribution >= 4 is 5.78 Å². The van der Waals surface area contributed by atoms with Gasteiger partial charge in [0.15, 0.2) is 5.78 Å². The first-order chi connectivity index (χ1) is 6.63. The molecule has 0 aliphatic heterocycles. The predicted octanol–water partition coefficient (Wildman–Crippen LogP) is 2.73. The van der Waals surface area contributed by atoms with Crippen LogP contribution in [0, 0.1) is 24.2 Å². The van der Waals surface area contributed by atoms with Crippen molar-refractivity contribution in [3.8, 4) is 6.07 Å². The third kappa shape index (κ3) is 2.70. The van der Waals surface area contributed by atoms with E-state index < -0.39 is 0 Å². The van der Waals surface area contributed by atoms with Gasteiger partial charge < -0.3 is 0 Å². The molecule has 0 radical (unpaired) electrons. The largest absolute Gasteiger partial charge is 0.294 e. The first-order valence-corrected chi connectivity index (χ1v) is 4.63. The summed E-state index contributed by atoms with van der Waals surface area (Å²) in [6.45, 7) is 3.73. The Labute approximate surface area is 84.2 Å². The summed E-state index contributed by atoms with van der Waals surface area (Å²) in [5.74, 6) is -0.164. The second kappa shape index (κ2) is 4.57. The molecule has 0 saturated carbocycles.